The van der Waals surface area contributed by atoms with Crippen molar-refractivity contribution in [2.45, 2.75) is 13.0 Å². The molecular weight excluding hydrogens is 228 g/mol. The highest BCUT2D eigenvalue weighted by atomic mass is 32.2. The van der Waals surface area contributed by atoms with Gasteiger partial charge in [-0.25, -0.2) is 8.78 Å². The Bertz CT molecular complexity index is 350. The van der Waals surface area contributed by atoms with Crippen molar-refractivity contribution < 1.29 is 8.78 Å². The van der Waals surface area contributed by atoms with Crippen LogP contribution in [0.5, 0.6) is 0 Å². The lowest BCUT2D eigenvalue weighted by Gasteiger charge is -2.16. The van der Waals surface area contributed by atoms with Gasteiger partial charge in [0.25, 0.3) is 0 Å². The van der Waals surface area contributed by atoms with Gasteiger partial charge in [-0.2, -0.15) is 11.8 Å². The minimum absolute atomic E-state index is 0.0557. The van der Waals surface area contributed by atoms with Gasteiger partial charge in [-0.05, 0) is 35.9 Å². The third-order valence-corrected chi connectivity index (χ3v) is 4.06. The van der Waals surface area contributed by atoms with Crippen LogP contribution in [0.25, 0.3) is 0 Å². The molecule has 2 rings (SSSR count). The van der Waals surface area contributed by atoms with Gasteiger partial charge in [-0.1, -0.05) is 6.92 Å². The first-order valence-corrected chi connectivity index (χ1v) is 6.58. The fraction of sp³-hybridized carbons (Fsp3) is 0.500. The molecule has 1 aliphatic rings. The number of thioether (sulfide) groups is 1. The minimum Gasteiger partial charge on any atom is -0.309 e. The van der Waals surface area contributed by atoms with Gasteiger partial charge in [0.1, 0.15) is 11.6 Å². The van der Waals surface area contributed by atoms with Crippen LogP contribution in [0.4, 0.5) is 8.78 Å². The van der Waals surface area contributed by atoms with Crippen LogP contribution in [0.1, 0.15) is 18.5 Å². The molecule has 1 aliphatic heterocycles. The molecule has 0 radical (unpaired) electrons. The van der Waals surface area contributed by atoms with E-state index in [1.807, 2.05) is 11.8 Å². The normalized spacial score (nSPS) is 26.4. The number of benzene rings is 1. The Kier molecular flexibility index (Phi) is 3.82. The lowest BCUT2D eigenvalue weighted by molar-refractivity contribution is 0.509. The van der Waals surface area contributed by atoms with E-state index < -0.39 is 11.6 Å². The highest BCUT2D eigenvalue weighted by Gasteiger charge is 2.18. The molecule has 0 saturated carbocycles. The number of nitrogens with one attached hydrogen (secondary N) is 1. The molecule has 4 heteroatoms. The molecule has 1 fully saturated rings. The smallest absolute Gasteiger partial charge is 0.126 e. The average molecular weight is 243 g/mol. The Balaban J connectivity index is 2.16. The summed E-state index contributed by atoms with van der Waals surface area (Å²) < 4.78 is 26.2. The first-order chi connectivity index (χ1) is 7.65. The topological polar surface area (TPSA) is 12.0 Å². The summed E-state index contributed by atoms with van der Waals surface area (Å²) in [5.74, 6) is 1.57. The van der Waals surface area contributed by atoms with Gasteiger partial charge >= 0.3 is 0 Å². The van der Waals surface area contributed by atoms with Crippen molar-refractivity contribution in [3.63, 3.8) is 0 Å². The van der Waals surface area contributed by atoms with Crippen molar-refractivity contribution in [2.24, 2.45) is 5.92 Å². The van der Waals surface area contributed by atoms with Crippen molar-refractivity contribution in [3.8, 4) is 0 Å². The fourth-order valence-corrected chi connectivity index (χ4v) is 3.04. The van der Waals surface area contributed by atoms with E-state index in [9.17, 15) is 8.78 Å². The summed E-state index contributed by atoms with van der Waals surface area (Å²) in [4.78, 5) is 0. The molecule has 1 aromatic carbocycles. The molecule has 16 heavy (non-hydrogen) atoms. The van der Waals surface area contributed by atoms with Crippen molar-refractivity contribution in [1.29, 1.82) is 0 Å². The largest absolute Gasteiger partial charge is 0.309 e. The SMILES string of the molecule is CC1CNC(c2cc(F)cc(F)c2)CSC1. The standard InChI is InChI=1S/C12H15F2NS/c1-8-5-15-12(7-16-6-8)9-2-10(13)4-11(14)3-9/h2-4,8,12,15H,5-7H2,1H3. The van der Waals surface area contributed by atoms with E-state index in [2.05, 4.69) is 12.2 Å². The molecule has 2 unspecified atom stereocenters. The van der Waals surface area contributed by atoms with E-state index in [1.54, 1.807) is 0 Å². The van der Waals surface area contributed by atoms with Gasteiger partial charge in [0, 0.05) is 17.9 Å². The summed E-state index contributed by atoms with van der Waals surface area (Å²) in [5.41, 5.74) is 0.708. The minimum atomic E-state index is -0.501. The molecule has 0 bridgehead atoms. The van der Waals surface area contributed by atoms with Gasteiger partial charge in [-0.3, -0.25) is 0 Å². The molecule has 0 amide bonds. The first kappa shape index (κ1) is 11.9. The lowest BCUT2D eigenvalue weighted by atomic mass is 10.1. The van der Waals surface area contributed by atoms with Crippen molar-refractivity contribution in [2.75, 3.05) is 18.1 Å². The second kappa shape index (κ2) is 5.15. The molecule has 0 aliphatic carbocycles. The van der Waals surface area contributed by atoms with E-state index in [0.717, 1.165) is 24.1 Å². The Morgan fingerprint density at radius 1 is 1.19 bits per heavy atom. The zero-order chi connectivity index (χ0) is 11.5. The van der Waals surface area contributed by atoms with Gasteiger partial charge in [0.2, 0.25) is 0 Å². The summed E-state index contributed by atoms with van der Waals surface area (Å²) in [7, 11) is 0. The number of rotatable bonds is 1. The van der Waals surface area contributed by atoms with E-state index in [1.165, 1.54) is 12.1 Å². The maximum Gasteiger partial charge on any atom is 0.126 e. The van der Waals surface area contributed by atoms with E-state index >= 15 is 0 Å². The highest BCUT2D eigenvalue weighted by Crippen LogP contribution is 2.24. The molecule has 2 atom stereocenters. The third-order valence-electron chi connectivity index (χ3n) is 2.69. The second-order valence-electron chi connectivity index (χ2n) is 4.31. The molecule has 1 N–H and O–H groups in total. The first-order valence-electron chi connectivity index (χ1n) is 5.42. The van der Waals surface area contributed by atoms with Crippen molar-refractivity contribution in [3.05, 3.63) is 35.4 Å². The summed E-state index contributed by atoms with van der Waals surface area (Å²) in [6.07, 6.45) is 0. The molecule has 1 aromatic rings. The fourth-order valence-electron chi connectivity index (χ4n) is 1.84. The summed E-state index contributed by atoms with van der Waals surface area (Å²) in [6.45, 7) is 3.07. The number of hydrogen-bond acceptors (Lipinski definition) is 2. The van der Waals surface area contributed by atoms with Crippen LogP contribution < -0.4 is 5.32 Å². The van der Waals surface area contributed by atoms with E-state index in [0.29, 0.717) is 11.5 Å². The maximum absolute atomic E-state index is 13.1. The van der Waals surface area contributed by atoms with Crippen molar-refractivity contribution >= 4 is 11.8 Å². The Morgan fingerprint density at radius 3 is 2.56 bits per heavy atom. The van der Waals surface area contributed by atoms with Crippen LogP contribution in [-0.4, -0.2) is 18.1 Å². The molecule has 0 aromatic heterocycles. The predicted molar refractivity (Wildman–Crippen MR) is 63.6 cm³/mol. The van der Waals surface area contributed by atoms with Crippen LogP contribution in [0.3, 0.4) is 0 Å². The molecule has 1 heterocycles. The summed E-state index contributed by atoms with van der Waals surface area (Å²) in [5, 5.41) is 3.35. The van der Waals surface area contributed by atoms with Crippen LogP contribution >= 0.6 is 11.8 Å². The Hall–Kier alpha value is -0.610. The quantitative estimate of drug-likeness (QED) is 0.814. The average Bonchev–Trinajstić information content (AvgIpc) is 2.41. The monoisotopic (exact) mass is 243 g/mol. The highest BCUT2D eigenvalue weighted by molar-refractivity contribution is 7.99. The Morgan fingerprint density at radius 2 is 1.88 bits per heavy atom. The molecule has 1 saturated heterocycles. The van der Waals surface area contributed by atoms with Crippen LogP contribution in [0.2, 0.25) is 0 Å². The number of hydrogen-bond donors (Lipinski definition) is 1. The molecule has 1 nitrogen and oxygen atoms in total. The van der Waals surface area contributed by atoms with Crippen molar-refractivity contribution in [1.82, 2.24) is 5.32 Å². The summed E-state index contributed by atoms with van der Waals surface area (Å²) >= 11 is 1.83. The van der Waals surface area contributed by atoms with Crippen LogP contribution in [0, 0.1) is 17.6 Å². The summed E-state index contributed by atoms with van der Waals surface area (Å²) in [6, 6.07) is 3.80. The molecule has 88 valence electrons. The van der Waals surface area contributed by atoms with Gasteiger partial charge in [-0.15, -0.1) is 0 Å². The Labute approximate surface area is 98.6 Å². The molecule has 0 spiro atoms. The predicted octanol–water partition coefficient (Wildman–Crippen LogP) is 2.98. The lowest BCUT2D eigenvalue weighted by Crippen LogP contribution is -2.25. The zero-order valence-corrected chi connectivity index (χ0v) is 9.99. The van der Waals surface area contributed by atoms with Gasteiger partial charge in [0.05, 0.1) is 0 Å². The molecular formula is C12H15F2NS. The van der Waals surface area contributed by atoms with Crippen LogP contribution in [0.15, 0.2) is 18.2 Å². The number of halogens is 2. The van der Waals surface area contributed by atoms with Gasteiger partial charge < -0.3 is 5.32 Å². The van der Waals surface area contributed by atoms with Gasteiger partial charge in [0.15, 0.2) is 0 Å². The maximum atomic E-state index is 13.1. The van der Waals surface area contributed by atoms with E-state index in [-0.39, 0.29) is 6.04 Å². The zero-order valence-electron chi connectivity index (χ0n) is 9.17. The third kappa shape index (κ3) is 2.95. The van der Waals surface area contributed by atoms with E-state index in [4.69, 9.17) is 0 Å². The van der Waals surface area contributed by atoms with Crippen LogP contribution in [-0.2, 0) is 0 Å². The second-order valence-corrected chi connectivity index (χ2v) is 5.38.